The van der Waals surface area contributed by atoms with Gasteiger partial charge in [0.05, 0.1) is 13.2 Å². The lowest BCUT2D eigenvalue weighted by atomic mass is 10.3. The highest BCUT2D eigenvalue weighted by Gasteiger charge is 2.01. The molecule has 1 rings (SSSR count). The molecule has 0 spiro atoms. The second kappa shape index (κ2) is 1.43. The van der Waals surface area contributed by atoms with Crippen LogP contribution in [0.2, 0.25) is 0 Å². The third-order valence-corrected chi connectivity index (χ3v) is 0.855. The Morgan fingerprint density at radius 3 is 2.67 bits per heavy atom. The van der Waals surface area contributed by atoms with Crippen LogP contribution in [0.15, 0.2) is 5.57 Å². The first kappa shape index (κ1) is 3.88. The van der Waals surface area contributed by atoms with Crippen LogP contribution in [-0.4, -0.2) is 13.2 Å². The lowest BCUT2D eigenvalue weighted by Gasteiger charge is -1.79. The third kappa shape index (κ3) is 0.601. The summed E-state index contributed by atoms with van der Waals surface area (Å²) < 4.78 is 4.89. The molecule has 0 aromatic carbocycles. The predicted molar refractivity (Wildman–Crippen MR) is 23.2 cm³/mol. The Bertz CT molecular complexity index is 58.3. The van der Waals surface area contributed by atoms with Crippen molar-refractivity contribution in [3.05, 3.63) is 12.2 Å². The van der Waals surface area contributed by atoms with Gasteiger partial charge in [0.1, 0.15) is 0 Å². The standard InChI is InChI=1S/C5H7O/c1-5-2-3-6-4-5/h1H,2-4H2. The summed E-state index contributed by atoms with van der Waals surface area (Å²) in [7, 11) is 0. The minimum absolute atomic E-state index is 0.681. The van der Waals surface area contributed by atoms with Gasteiger partial charge in [-0.1, -0.05) is 6.58 Å². The molecule has 1 aliphatic heterocycles. The van der Waals surface area contributed by atoms with E-state index in [4.69, 9.17) is 11.3 Å². The molecular formula is C5H7O. The van der Waals surface area contributed by atoms with Crippen molar-refractivity contribution in [3.63, 3.8) is 0 Å². The average molecular weight is 83.1 g/mol. The molecule has 0 atom stereocenters. The van der Waals surface area contributed by atoms with Crippen molar-refractivity contribution in [1.29, 1.82) is 0 Å². The zero-order chi connectivity index (χ0) is 4.41. The van der Waals surface area contributed by atoms with E-state index in [1.165, 1.54) is 0 Å². The van der Waals surface area contributed by atoms with E-state index in [-0.39, 0.29) is 0 Å². The Hall–Kier alpha value is -0.300. The highest BCUT2D eigenvalue weighted by molar-refractivity contribution is 4.94. The average Bonchev–Trinajstić information content (AvgIpc) is 1.86. The summed E-state index contributed by atoms with van der Waals surface area (Å²) in [6, 6.07) is 0. The molecule has 0 N–H and O–H groups in total. The third-order valence-electron chi connectivity index (χ3n) is 0.855. The molecule has 0 bridgehead atoms. The Morgan fingerprint density at radius 2 is 2.50 bits per heavy atom. The maximum Gasteiger partial charge on any atom is 0.0680 e. The Labute approximate surface area is 37.6 Å². The molecule has 1 nitrogen and oxygen atoms in total. The smallest absolute Gasteiger partial charge is 0.0680 e. The van der Waals surface area contributed by atoms with Gasteiger partial charge in [0, 0.05) is 0 Å². The molecule has 0 saturated carbocycles. The van der Waals surface area contributed by atoms with Crippen molar-refractivity contribution in [1.82, 2.24) is 0 Å². The van der Waals surface area contributed by atoms with Crippen LogP contribution in [-0.2, 0) is 4.74 Å². The van der Waals surface area contributed by atoms with Crippen molar-refractivity contribution in [2.24, 2.45) is 0 Å². The SMILES string of the molecule is [CH]=C1CCOC1. The lowest BCUT2D eigenvalue weighted by Crippen LogP contribution is -1.76. The van der Waals surface area contributed by atoms with Crippen LogP contribution in [0.4, 0.5) is 0 Å². The van der Waals surface area contributed by atoms with E-state index in [9.17, 15) is 0 Å². The molecular weight excluding hydrogens is 76.1 g/mol. The molecule has 0 aromatic rings. The summed E-state index contributed by atoms with van der Waals surface area (Å²) in [4.78, 5) is 0. The number of hydrogen-bond acceptors (Lipinski definition) is 1. The molecule has 0 unspecified atom stereocenters. The van der Waals surface area contributed by atoms with Gasteiger partial charge in [-0.25, -0.2) is 0 Å². The van der Waals surface area contributed by atoms with Gasteiger partial charge >= 0.3 is 0 Å². The van der Waals surface area contributed by atoms with E-state index < -0.39 is 0 Å². The van der Waals surface area contributed by atoms with Gasteiger partial charge in [-0.2, -0.15) is 0 Å². The number of hydrogen-bond donors (Lipinski definition) is 0. The summed E-state index contributed by atoms with van der Waals surface area (Å²) in [5.74, 6) is 0. The fourth-order valence-electron chi connectivity index (χ4n) is 0.479. The number of ether oxygens (including phenoxy) is 1. The highest BCUT2D eigenvalue weighted by Crippen LogP contribution is 2.05. The monoisotopic (exact) mass is 83.0 g/mol. The van der Waals surface area contributed by atoms with Gasteiger partial charge in [-0.05, 0) is 12.0 Å². The maximum absolute atomic E-state index is 5.33. The maximum atomic E-state index is 5.33. The Morgan fingerprint density at radius 1 is 1.67 bits per heavy atom. The zero-order valence-electron chi connectivity index (χ0n) is 3.61. The second-order valence-corrected chi connectivity index (χ2v) is 1.46. The Kier molecular flexibility index (Phi) is 0.926. The molecule has 1 aliphatic rings. The first-order valence-electron chi connectivity index (χ1n) is 2.07. The fraction of sp³-hybridized carbons (Fsp3) is 0.600. The molecule has 1 saturated heterocycles. The quantitative estimate of drug-likeness (QED) is 0.420. The van der Waals surface area contributed by atoms with Gasteiger partial charge in [0.25, 0.3) is 0 Å². The predicted octanol–water partition coefficient (Wildman–Crippen LogP) is 0.766. The van der Waals surface area contributed by atoms with Crippen LogP contribution >= 0.6 is 0 Å². The van der Waals surface area contributed by atoms with Crippen molar-refractivity contribution >= 4 is 0 Å². The molecule has 0 amide bonds. The van der Waals surface area contributed by atoms with Crippen LogP contribution in [0.5, 0.6) is 0 Å². The summed E-state index contributed by atoms with van der Waals surface area (Å²) in [5.41, 5.74) is 0.981. The molecule has 1 fully saturated rings. The van der Waals surface area contributed by atoms with Crippen molar-refractivity contribution in [3.8, 4) is 0 Å². The van der Waals surface area contributed by atoms with Crippen LogP contribution in [0.25, 0.3) is 0 Å². The molecule has 0 aliphatic carbocycles. The minimum atomic E-state index is 0.681. The Balaban J connectivity index is 2.37. The van der Waals surface area contributed by atoms with Crippen molar-refractivity contribution in [2.45, 2.75) is 6.42 Å². The van der Waals surface area contributed by atoms with Gasteiger partial charge < -0.3 is 4.74 Å². The van der Waals surface area contributed by atoms with Crippen molar-refractivity contribution < 1.29 is 4.74 Å². The lowest BCUT2D eigenvalue weighted by molar-refractivity contribution is 0.204. The number of rotatable bonds is 0. The summed E-state index contributed by atoms with van der Waals surface area (Å²) in [6.45, 7) is 6.83. The molecule has 0 aromatic heterocycles. The van der Waals surface area contributed by atoms with E-state index in [1.54, 1.807) is 0 Å². The summed E-state index contributed by atoms with van der Waals surface area (Å²) >= 11 is 0. The van der Waals surface area contributed by atoms with Crippen LogP contribution in [0.1, 0.15) is 6.42 Å². The first-order chi connectivity index (χ1) is 2.89. The largest absolute Gasteiger partial charge is 0.377 e. The molecule has 1 heterocycles. The van der Waals surface area contributed by atoms with Crippen LogP contribution in [0, 0.1) is 6.58 Å². The molecule has 1 heteroatoms. The zero-order valence-corrected chi connectivity index (χ0v) is 3.61. The molecule has 1 radical (unpaired) electrons. The van der Waals surface area contributed by atoms with Gasteiger partial charge in [0.2, 0.25) is 0 Å². The van der Waals surface area contributed by atoms with E-state index in [1.807, 2.05) is 0 Å². The first-order valence-corrected chi connectivity index (χ1v) is 2.07. The fourth-order valence-corrected chi connectivity index (χ4v) is 0.479. The second-order valence-electron chi connectivity index (χ2n) is 1.46. The normalized spacial score (nSPS) is 22.3. The molecule has 33 valence electrons. The van der Waals surface area contributed by atoms with Gasteiger partial charge in [-0.3, -0.25) is 0 Å². The van der Waals surface area contributed by atoms with E-state index in [0.717, 1.165) is 18.6 Å². The topological polar surface area (TPSA) is 9.23 Å². The summed E-state index contributed by atoms with van der Waals surface area (Å²) in [5, 5.41) is 0. The summed E-state index contributed by atoms with van der Waals surface area (Å²) in [6.07, 6.45) is 0.958. The molecule has 6 heavy (non-hydrogen) atoms. The van der Waals surface area contributed by atoms with Gasteiger partial charge in [-0.15, -0.1) is 0 Å². The van der Waals surface area contributed by atoms with E-state index in [0.29, 0.717) is 6.61 Å². The van der Waals surface area contributed by atoms with Crippen LogP contribution < -0.4 is 0 Å². The van der Waals surface area contributed by atoms with Crippen molar-refractivity contribution in [2.75, 3.05) is 13.2 Å². The van der Waals surface area contributed by atoms with E-state index >= 15 is 0 Å². The highest BCUT2D eigenvalue weighted by atomic mass is 16.5. The van der Waals surface area contributed by atoms with E-state index in [2.05, 4.69) is 0 Å². The van der Waals surface area contributed by atoms with Gasteiger partial charge in [0.15, 0.2) is 0 Å². The minimum Gasteiger partial charge on any atom is -0.377 e. The van der Waals surface area contributed by atoms with Crippen LogP contribution in [0.3, 0.4) is 0 Å².